The van der Waals surface area contributed by atoms with E-state index in [2.05, 4.69) is 15.5 Å². The summed E-state index contributed by atoms with van der Waals surface area (Å²) in [6.45, 7) is 0. The van der Waals surface area contributed by atoms with E-state index < -0.39 is 0 Å². The minimum absolute atomic E-state index is 0.126. The number of nitrogens with zero attached hydrogens (tertiary/aromatic N) is 3. The van der Waals surface area contributed by atoms with Crippen LogP contribution in [0.2, 0.25) is 15.1 Å². The molecule has 28 heavy (non-hydrogen) atoms. The van der Waals surface area contributed by atoms with Gasteiger partial charge in [-0.05, 0) is 30.3 Å². The van der Waals surface area contributed by atoms with Gasteiger partial charge in [0.15, 0.2) is 11.0 Å². The second kappa shape index (κ2) is 9.05. The van der Waals surface area contributed by atoms with Crippen molar-refractivity contribution in [1.82, 2.24) is 14.8 Å². The van der Waals surface area contributed by atoms with Crippen LogP contribution in [0.4, 0.5) is 5.69 Å². The third-order valence-corrected chi connectivity index (χ3v) is 5.87. The van der Waals surface area contributed by atoms with Gasteiger partial charge in [0.2, 0.25) is 5.91 Å². The standard InChI is InChI=1S/C18H15Cl3N4O2S/c1-25-17(11-8-10(19)6-7-14(11)27-2)23-24-18(25)28-9-15(26)22-13-5-3-4-12(20)16(13)21/h3-8H,9H2,1-2H3,(H,22,26). The number of rotatable bonds is 6. The van der Waals surface area contributed by atoms with Crippen molar-refractivity contribution >= 4 is 58.2 Å². The number of aromatic nitrogens is 3. The van der Waals surface area contributed by atoms with E-state index in [1.807, 2.05) is 7.05 Å². The van der Waals surface area contributed by atoms with Gasteiger partial charge in [-0.2, -0.15) is 0 Å². The van der Waals surface area contributed by atoms with Crippen LogP contribution in [0.15, 0.2) is 41.6 Å². The molecule has 0 aliphatic carbocycles. The number of thioether (sulfide) groups is 1. The van der Waals surface area contributed by atoms with E-state index in [1.165, 1.54) is 11.8 Å². The van der Waals surface area contributed by atoms with Crippen molar-refractivity contribution in [3.8, 4) is 17.1 Å². The molecule has 0 fully saturated rings. The summed E-state index contributed by atoms with van der Waals surface area (Å²) in [5.41, 5.74) is 1.18. The summed E-state index contributed by atoms with van der Waals surface area (Å²) in [6, 6.07) is 10.3. The molecule has 3 aromatic rings. The van der Waals surface area contributed by atoms with Crippen LogP contribution < -0.4 is 10.1 Å². The molecule has 2 aromatic carbocycles. The second-order valence-electron chi connectivity index (χ2n) is 5.65. The summed E-state index contributed by atoms with van der Waals surface area (Å²) in [5, 5.41) is 12.9. The molecule has 0 radical (unpaired) electrons. The predicted octanol–water partition coefficient (Wildman–Crippen LogP) is 5.18. The fraction of sp³-hybridized carbons (Fsp3) is 0.167. The summed E-state index contributed by atoms with van der Waals surface area (Å²) >= 11 is 19.4. The van der Waals surface area contributed by atoms with E-state index >= 15 is 0 Å². The van der Waals surface area contributed by atoms with Crippen LogP contribution in [0.3, 0.4) is 0 Å². The van der Waals surface area contributed by atoms with Crippen LogP contribution in [0.1, 0.15) is 0 Å². The fourth-order valence-corrected chi connectivity index (χ4v) is 3.68. The number of carbonyl (C=O) groups is 1. The van der Waals surface area contributed by atoms with Crippen molar-refractivity contribution in [2.24, 2.45) is 7.05 Å². The molecule has 10 heteroatoms. The van der Waals surface area contributed by atoms with Crippen molar-refractivity contribution < 1.29 is 9.53 Å². The van der Waals surface area contributed by atoms with Gasteiger partial charge in [-0.1, -0.05) is 52.6 Å². The molecule has 6 nitrogen and oxygen atoms in total. The summed E-state index contributed by atoms with van der Waals surface area (Å²) < 4.78 is 7.15. The lowest BCUT2D eigenvalue weighted by Gasteiger charge is -2.09. The lowest BCUT2D eigenvalue weighted by molar-refractivity contribution is -0.113. The normalized spacial score (nSPS) is 10.8. The van der Waals surface area contributed by atoms with Crippen molar-refractivity contribution in [3.05, 3.63) is 51.5 Å². The van der Waals surface area contributed by atoms with Crippen molar-refractivity contribution in [1.29, 1.82) is 0 Å². The molecule has 1 N–H and O–H groups in total. The quantitative estimate of drug-likeness (QED) is 0.516. The molecule has 0 saturated heterocycles. The summed E-state index contributed by atoms with van der Waals surface area (Å²) in [6.07, 6.45) is 0. The maximum Gasteiger partial charge on any atom is 0.234 e. The average Bonchev–Trinajstić information content (AvgIpc) is 3.04. The van der Waals surface area contributed by atoms with Crippen LogP contribution >= 0.6 is 46.6 Å². The molecule has 146 valence electrons. The Morgan fingerprint density at radius 2 is 2.00 bits per heavy atom. The Labute approximate surface area is 181 Å². The Morgan fingerprint density at radius 1 is 1.21 bits per heavy atom. The molecular formula is C18H15Cl3N4O2S. The van der Waals surface area contributed by atoms with Gasteiger partial charge in [0, 0.05) is 12.1 Å². The Morgan fingerprint density at radius 3 is 2.75 bits per heavy atom. The van der Waals surface area contributed by atoms with Gasteiger partial charge < -0.3 is 14.6 Å². The van der Waals surface area contributed by atoms with Crippen molar-refractivity contribution in [3.63, 3.8) is 0 Å². The molecule has 0 spiro atoms. The molecule has 0 atom stereocenters. The number of ether oxygens (including phenoxy) is 1. The molecule has 0 unspecified atom stereocenters. The Kier molecular flexibility index (Phi) is 6.72. The van der Waals surface area contributed by atoms with Gasteiger partial charge in [-0.3, -0.25) is 4.79 Å². The highest BCUT2D eigenvalue weighted by Crippen LogP contribution is 2.33. The largest absolute Gasteiger partial charge is 0.496 e. The topological polar surface area (TPSA) is 69.0 Å². The predicted molar refractivity (Wildman–Crippen MR) is 114 cm³/mol. The second-order valence-corrected chi connectivity index (χ2v) is 7.81. The Hall–Kier alpha value is -1.93. The third kappa shape index (κ3) is 4.55. The SMILES string of the molecule is COc1ccc(Cl)cc1-c1nnc(SCC(=O)Nc2cccc(Cl)c2Cl)n1C. The zero-order valence-electron chi connectivity index (χ0n) is 14.9. The minimum Gasteiger partial charge on any atom is -0.496 e. The van der Waals surface area contributed by atoms with Crippen LogP contribution in [-0.4, -0.2) is 33.5 Å². The number of benzene rings is 2. The molecule has 0 bridgehead atoms. The molecule has 1 heterocycles. The van der Waals surface area contributed by atoms with E-state index in [0.29, 0.717) is 43.0 Å². The molecule has 0 aliphatic heterocycles. The van der Waals surface area contributed by atoms with E-state index in [4.69, 9.17) is 39.5 Å². The zero-order valence-corrected chi connectivity index (χ0v) is 18.0. The molecule has 1 amide bonds. The Bertz CT molecular complexity index is 1030. The molecule has 0 aliphatic rings. The highest BCUT2D eigenvalue weighted by atomic mass is 35.5. The molecule has 3 rings (SSSR count). The van der Waals surface area contributed by atoms with Crippen molar-refractivity contribution in [2.45, 2.75) is 5.16 Å². The van der Waals surface area contributed by atoms with Gasteiger partial charge in [-0.25, -0.2) is 0 Å². The maximum atomic E-state index is 12.3. The lowest BCUT2D eigenvalue weighted by atomic mass is 10.2. The number of carbonyl (C=O) groups excluding carboxylic acids is 1. The van der Waals surface area contributed by atoms with E-state index in [-0.39, 0.29) is 11.7 Å². The molecular weight excluding hydrogens is 443 g/mol. The third-order valence-electron chi connectivity index (χ3n) is 3.80. The number of amides is 1. The highest BCUT2D eigenvalue weighted by Gasteiger charge is 2.17. The number of hydrogen-bond acceptors (Lipinski definition) is 5. The van der Waals surface area contributed by atoms with Crippen molar-refractivity contribution in [2.75, 3.05) is 18.2 Å². The monoisotopic (exact) mass is 456 g/mol. The number of halogens is 3. The number of hydrogen-bond donors (Lipinski definition) is 1. The first kappa shape index (κ1) is 20.8. The Balaban J connectivity index is 1.72. The summed E-state index contributed by atoms with van der Waals surface area (Å²) in [4.78, 5) is 12.3. The fourth-order valence-electron chi connectivity index (χ4n) is 2.45. The summed E-state index contributed by atoms with van der Waals surface area (Å²) in [5.74, 6) is 1.10. The number of methoxy groups -OCH3 is 1. The van der Waals surface area contributed by atoms with Gasteiger partial charge >= 0.3 is 0 Å². The van der Waals surface area contributed by atoms with Gasteiger partial charge in [0.1, 0.15) is 5.75 Å². The first-order chi connectivity index (χ1) is 13.4. The van der Waals surface area contributed by atoms with E-state index in [1.54, 1.807) is 48.1 Å². The van der Waals surface area contributed by atoms with Crippen LogP contribution in [0.5, 0.6) is 5.75 Å². The van der Waals surface area contributed by atoms with Crippen LogP contribution in [0, 0.1) is 0 Å². The van der Waals surface area contributed by atoms with Gasteiger partial charge in [0.05, 0.1) is 34.2 Å². The highest BCUT2D eigenvalue weighted by molar-refractivity contribution is 7.99. The molecule has 1 aromatic heterocycles. The first-order valence-corrected chi connectivity index (χ1v) is 10.1. The smallest absolute Gasteiger partial charge is 0.234 e. The van der Waals surface area contributed by atoms with Crippen LogP contribution in [0.25, 0.3) is 11.4 Å². The summed E-state index contributed by atoms with van der Waals surface area (Å²) in [7, 11) is 3.38. The minimum atomic E-state index is -0.237. The lowest BCUT2D eigenvalue weighted by Crippen LogP contribution is -2.14. The van der Waals surface area contributed by atoms with Gasteiger partial charge in [0.25, 0.3) is 0 Å². The maximum absolute atomic E-state index is 12.3. The average molecular weight is 458 g/mol. The number of anilines is 1. The first-order valence-electron chi connectivity index (χ1n) is 8.00. The zero-order chi connectivity index (χ0) is 20.3. The molecule has 0 saturated carbocycles. The number of nitrogens with one attached hydrogen (secondary N) is 1. The van der Waals surface area contributed by atoms with E-state index in [9.17, 15) is 4.79 Å². The van der Waals surface area contributed by atoms with Crippen LogP contribution in [-0.2, 0) is 11.8 Å². The van der Waals surface area contributed by atoms with E-state index in [0.717, 1.165) is 0 Å². The van der Waals surface area contributed by atoms with Gasteiger partial charge in [-0.15, -0.1) is 10.2 Å².